The molecular weight excluding hydrogens is 322 g/mol. The lowest BCUT2D eigenvalue weighted by molar-refractivity contribution is 0.415. The standard InChI is InChI=1S/C22H25N3O/c1-25(2)14-13-21(18-9-11-20(26-3)12-10-18)22-23-16-19(24-22)15-17-7-5-4-6-8-17/h4-13,16H,14-15H2,1-3H3,(H,23,24). The van der Waals surface area contributed by atoms with Crippen molar-refractivity contribution in [1.82, 2.24) is 14.9 Å². The summed E-state index contributed by atoms with van der Waals surface area (Å²) < 4.78 is 5.27. The number of aromatic nitrogens is 2. The monoisotopic (exact) mass is 347 g/mol. The SMILES string of the molecule is COc1ccc(C(=CCN(C)C)c2ncc(Cc3ccccc3)[nH]2)cc1. The van der Waals surface area contributed by atoms with Crippen molar-refractivity contribution in [2.24, 2.45) is 0 Å². The van der Waals surface area contributed by atoms with Gasteiger partial charge < -0.3 is 14.6 Å². The van der Waals surface area contributed by atoms with Crippen LogP contribution in [0.4, 0.5) is 0 Å². The summed E-state index contributed by atoms with van der Waals surface area (Å²) in [5.74, 6) is 1.74. The average molecular weight is 347 g/mol. The van der Waals surface area contributed by atoms with Gasteiger partial charge in [-0.05, 0) is 37.4 Å². The second-order valence-electron chi connectivity index (χ2n) is 6.53. The maximum absolute atomic E-state index is 5.27. The number of rotatable bonds is 7. The molecule has 1 aromatic heterocycles. The highest BCUT2D eigenvalue weighted by Crippen LogP contribution is 2.24. The zero-order valence-electron chi connectivity index (χ0n) is 15.6. The molecule has 0 fully saturated rings. The molecule has 0 radical (unpaired) electrons. The Morgan fingerprint density at radius 1 is 1.08 bits per heavy atom. The lowest BCUT2D eigenvalue weighted by atomic mass is 10.0. The Hall–Kier alpha value is -2.85. The molecule has 0 bridgehead atoms. The first-order valence-corrected chi connectivity index (χ1v) is 8.73. The Balaban J connectivity index is 1.88. The van der Waals surface area contributed by atoms with E-state index in [4.69, 9.17) is 4.74 Å². The third kappa shape index (κ3) is 4.61. The van der Waals surface area contributed by atoms with Crippen molar-refractivity contribution in [2.45, 2.75) is 6.42 Å². The number of imidazole rings is 1. The third-order valence-electron chi connectivity index (χ3n) is 4.18. The number of nitrogens with zero attached hydrogens (tertiary/aromatic N) is 2. The Bertz CT molecular complexity index is 849. The molecular formula is C22H25N3O. The second kappa shape index (κ2) is 8.50. The third-order valence-corrected chi connectivity index (χ3v) is 4.18. The number of hydrogen-bond acceptors (Lipinski definition) is 3. The van der Waals surface area contributed by atoms with Gasteiger partial charge in [0.1, 0.15) is 11.6 Å². The number of benzene rings is 2. The number of aromatic amines is 1. The fourth-order valence-corrected chi connectivity index (χ4v) is 2.80. The van der Waals surface area contributed by atoms with Gasteiger partial charge in [0.2, 0.25) is 0 Å². The van der Waals surface area contributed by atoms with Gasteiger partial charge in [-0.2, -0.15) is 0 Å². The van der Waals surface area contributed by atoms with E-state index in [9.17, 15) is 0 Å². The fraction of sp³-hybridized carbons (Fsp3) is 0.227. The molecule has 1 heterocycles. The van der Waals surface area contributed by atoms with Crippen molar-refractivity contribution in [3.05, 3.63) is 89.5 Å². The smallest absolute Gasteiger partial charge is 0.137 e. The van der Waals surface area contributed by atoms with Gasteiger partial charge in [0.25, 0.3) is 0 Å². The molecule has 0 unspecified atom stereocenters. The normalized spacial score (nSPS) is 11.8. The van der Waals surface area contributed by atoms with Crippen LogP contribution in [0, 0.1) is 0 Å². The Morgan fingerprint density at radius 3 is 2.46 bits per heavy atom. The van der Waals surface area contributed by atoms with Crippen molar-refractivity contribution in [2.75, 3.05) is 27.7 Å². The first-order valence-electron chi connectivity index (χ1n) is 8.73. The van der Waals surface area contributed by atoms with Crippen molar-refractivity contribution in [3.63, 3.8) is 0 Å². The molecule has 0 saturated heterocycles. The molecule has 0 amide bonds. The minimum atomic E-state index is 0.843. The van der Waals surface area contributed by atoms with E-state index in [0.29, 0.717) is 0 Å². The topological polar surface area (TPSA) is 41.1 Å². The molecule has 0 aliphatic carbocycles. The lowest BCUT2D eigenvalue weighted by Gasteiger charge is -2.10. The molecule has 0 saturated carbocycles. The summed E-state index contributed by atoms with van der Waals surface area (Å²) in [5, 5.41) is 0. The van der Waals surface area contributed by atoms with Crippen molar-refractivity contribution in [3.8, 4) is 5.75 Å². The highest BCUT2D eigenvalue weighted by atomic mass is 16.5. The largest absolute Gasteiger partial charge is 0.497 e. The van der Waals surface area contributed by atoms with Crippen LogP contribution in [0.1, 0.15) is 22.6 Å². The molecule has 134 valence electrons. The molecule has 3 rings (SSSR count). The van der Waals surface area contributed by atoms with Gasteiger partial charge in [-0.25, -0.2) is 4.98 Å². The molecule has 0 aliphatic rings. The van der Waals surface area contributed by atoms with Gasteiger partial charge in [-0.15, -0.1) is 0 Å². The van der Waals surface area contributed by atoms with Gasteiger partial charge >= 0.3 is 0 Å². The number of ether oxygens (including phenoxy) is 1. The molecule has 26 heavy (non-hydrogen) atoms. The van der Waals surface area contributed by atoms with Crippen LogP contribution in [0.5, 0.6) is 5.75 Å². The summed E-state index contributed by atoms with van der Waals surface area (Å²) in [6.07, 6.45) is 4.97. The van der Waals surface area contributed by atoms with Crippen LogP contribution in [-0.2, 0) is 6.42 Å². The van der Waals surface area contributed by atoms with Crippen LogP contribution in [0.3, 0.4) is 0 Å². The number of likely N-dealkylation sites (N-methyl/N-ethyl adjacent to an activating group) is 1. The fourth-order valence-electron chi connectivity index (χ4n) is 2.80. The minimum Gasteiger partial charge on any atom is -0.497 e. The summed E-state index contributed by atoms with van der Waals surface area (Å²) in [7, 11) is 5.80. The van der Waals surface area contributed by atoms with Crippen molar-refractivity contribution < 1.29 is 4.74 Å². The van der Waals surface area contributed by atoms with Gasteiger partial charge in [-0.1, -0.05) is 48.5 Å². The zero-order valence-corrected chi connectivity index (χ0v) is 15.6. The van der Waals surface area contributed by atoms with Crippen LogP contribution in [0.15, 0.2) is 66.9 Å². The lowest BCUT2D eigenvalue weighted by Crippen LogP contribution is -2.11. The van der Waals surface area contributed by atoms with E-state index < -0.39 is 0 Å². The molecule has 0 aliphatic heterocycles. The van der Waals surface area contributed by atoms with E-state index in [0.717, 1.165) is 41.4 Å². The van der Waals surface area contributed by atoms with Gasteiger partial charge in [0, 0.05) is 30.4 Å². The Labute approximate surface area is 155 Å². The molecule has 4 nitrogen and oxygen atoms in total. The van der Waals surface area contributed by atoms with Gasteiger partial charge in [0.15, 0.2) is 0 Å². The van der Waals surface area contributed by atoms with E-state index in [2.05, 4.69) is 71.4 Å². The highest BCUT2D eigenvalue weighted by molar-refractivity contribution is 5.76. The summed E-state index contributed by atoms with van der Waals surface area (Å²) in [4.78, 5) is 10.3. The van der Waals surface area contributed by atoms with E-state index in [1.54, 1.807) is 7.11 Å². The Kier molecular flexibility index (Phi) is 5.87. The number of H-pyrrole nitrogens is 1. The first-order chi connectivity index (χ1) is 12.7. The van der Waals surface area contributed by atoms with E-state index in [1.807, 2.05) is 24.4 Å². The van der Waals surface area contributed by atoms with Crippen LogP contribution in [0.2, 0.25) is 0 Å². The summed E-state index contributed by atoms with van der Waals surface area (Å²) in [6, 6.07) is 18.5. The Morgan fingerprint density at radius 2 is 1.81 bits per heavy atom. The van der Waals surface area contributed by atoms with Crippen LogP contribution < -0.4 is 4.74 Å². The summed E-state index contributed by atoms with van der Waals surface area (Å²) in [6.45, 7) is 0.843. The number of nitrogens with one attached hydrogen (secondary N) is 1. The number of methoxy groups -OCH3 is 1. The zero-order chi connectivity index (χ0) is 18.4. The highest BCUT2D eigenvalue weighted by Gasteiger charge is 2.10. The predicted octanol–water partition coefficient (Wildman–Crippen LogP) is 4.00. The summed E-state index contributed by atoms with van der Waals surface area (Å²) >= 11 is 0. The van der Waals surface area contributed by atoms with Crippen LogP contribution >= 0.6 is 0 Å². The molecule has 0 spiro atoms. The van der Waals surface area contributed by atoms with E-state index in [1.165, 1.54) is 5.56 Å². The van der Waals surface area contributed by atoms with Crippen LogP contribution in [-0.4, -0.2) is 42.6 Å². The second-order valence-corrected chi connectivity index (χ2v) is 6.53. The van der Waals surface area contributed by atoms with E-state index in [-0.39, 0.29) is 0 Å². The van der Waals surface area contributed by atoms with Gasteiger partial charge in [0.05, 0.1) is 7.11 Å². The van der Waals surface area contributed by atoms with Crippen LogP contribution in [0.25, 0.3) is 5.57 Å². The van der Waals surface area contributed by atoms with Gasteiger partial charge in [-0.3, -0.25) is 0 Å². The van der Waals surface area contributed by atoms with Crippen molar-refractivity contribution in [1.29, 1.82) is 0 Å². The van der Waals surface area contributed by atoms with Crippen molar-refractivity contribution >= 4 is 5.57 Å². The maximum Gasteiger partial charge on any atom is 0.137 e. The molecule has 0 atom stereocenters. The average Bonchev–Trinajstić information content (AvgIpc) is 3.11. The quantitative estimate of drug-likeness (QED) is 0.702. The number of hydrogen-bond donors (Lipinski definition) is 1. The van der Waals surface area contributed by atoms with E-state index >= 15 is 0 Å². The predicted molar refractivity (Wildman–Crippen MR) is 106 cm³/mol. The molecule has 3 aromatic rings. The minimum absolute atomic E-state index is 0.843. The first kappa shape index (κ1) is 18.0. The molecule has 4 heteroatoms. The molecule has 2 aromatic carbocycles. The molecule has 1 N–H and O–H groups in total. The maximum atomic E-state index is 5.27. The summed E-state index contributed by atoms with van der Waals surface area (Å²) in [5.41, 5.74) is 4.59.